The van der Waals surface area contributed by atoms with Gasteiger partial charge in [-0.3, -0.25) is 14.4 Å². The van der Waals surface area contributed by atoms with Crippen LogP contribution < -0.4 is 15.5 Å². The van der Waals surface area contributed by atoms with E-state index >= 15 is 0 Å². The predicted molar refractivity (Wildman–Crippen MR) is 113 cm³/mol. The van der Waals surface area contributed by atoms with Gasteiger partial charge in [-0.2, -0.15) is 5.10 Å². The lowest BCUT2D eigenvalue weighted by molar-refractivity contribution is -0.136. The fraction of sp³-hybridized carbons (Fsp3) is 0.182. The fourth-order valence-electron chi connectivity index (χ4n) is 2.40. The molecule has 0 aliphatic carbocycles. The van der Waals surface area contributed by atoms with Crippen molar-refractivity contribution in [3.63, 3.8) is 0 Å². The fourth-order valence-corrected chi connectivity index (χ4v) is 2.40. The Morgan fingerprint density at radius 2 is 1.73 bits per heavy atom. The SMILES string of the molecule is COc1ccc(/C=C/C(=O)NCC(=O)NN=C(CCC(=O)O)c2ccccc2)cc1. The van der Waals surface area contributed by atoms with Gasteiger partial charge in [-0.25, -0.2) is 5.43 Å². The summed E-state index contributed by atoms with van der Waals surface area (Å²) in [4.78, 5) is 34.7. The topological polar surface area (TPSA) is 117 Å². The summed E-state index contributed by atoms with van der Waals surface area (Å²) in [6.07, 6.45) is 2.98. The lowest BCUT2D eigenvalue weighted by atomic mass is 10.1. The van der Waals surface area contributed by atoms with E-state index in [0.29, 0.717) is 17.0 Å². The number of ether oxygens (including phenoxy) is 1. The molecular formula is C22H23N3O5. The maximum absolute atomic E-state index is 12.0. The van der Waals surface area contributed by atoms with E-state index in [-0.39, 0.29) is 19.4 Å². The summed E-state index contributed by atoms with van der Waals surface area (Å²) < 4.78 is 5.07. The van der Waals surface area contributed by atoms with E-state index in [1.54, 1.807) is 61.7 Å². The van der Waals surface area contributed by atoms with Crippen LogP contribution in [0.3, 0.4) is 0 Å². The van der Waals surface area contributed by atoms with Gasteiger partial charge in [0.25, 0.3) is 5.91 Å². The van der Waals surface area contributed by atoms with Crippen LogP contribution in [0.25, 0.3) is 6.08 Å². The highest BCUT2D eigenvalue weighted by Gasteiger charge is 2.08. The first-order valence-corrected chi connectivity index (χ1v) is 9.20. The summed E-state index contributed by atoms with van der Waals surface area (Å²) in [5.41, 5.74) is 4.32. The molecule has 0 aliphatic heterocycles. The van der Waals surface area contributed by atoms with E-state index in [1.807, 2.05) is 6.07 Å². The van der Waals surface area contributed by atoms with Crippen molar-refractivity contribution < 1.29 is 24.2 Å². The van der Waals surface area contributed by atoms with Crippen LogP contribution in [0.2, 0.25) is 0 Å². The van der Waals surface area contributed by atoms with Crippen molar-refractivity contribution in [1.82, 2.24) is 10.7 Å². The molecule has 2 aromatic rings. The zero-order valence-corrected chi connectivity index (χ0v) is 16.5. The Morgan fingerprint density at radius 3 is 2.37 bits per heavy atom. The second kappa shape index (κ2) is 11.8. The van der Waals surface area contributed by atoms with E-state index in [9.17, 15) is 14.4 Å². The molecule has 0 aliphatic rings. The summed E-state index contributed by atoms with van der Waals surface area (Å²) in [6, 6.07) is 16.1. The monoisotopic (exact) mass is 409 g/mol. The van der Waals surface area contributed by atoms with Crippen molar-refractivity contribution in [2.45, 2.75) is 12.8 Å². The average Bonchev–Trinajstić information content (AvgIpc) is 2.77. The first-order valence-electron chi connectivity index (χ1n) is 9.20. The van der Waals surface area contributed by atoms with Gasteiger partial charge in [0, 0.05) is 12.5 Å². The summed E-state index contributed by atoms with van der Waals surface area (Å²) >= 11 is 0. The molecule has 2 rings (SSSR count). The Labute approximate surface area is 174 Å². The van der Waals surface area contributed by atoms with Gasteiger partial charge in [-0.05, 0) is 29.3 Å². The van der Waals surface area contributed by atoms with Gasteiger partial charge in [-0.1, -0.05) is 42.5 Å². The number of amides is 2. The number of hydrogen-bond acceptors (Lipinski definition) is 5. The Morgan fingerprint density at radius 1 is 1.03 bits per heavy atom. The number of hydrogen-bond donors (Lipinski definition) is 3. The minimum atomic E-state index is -0.958. The molecule has 0 aromatic heterocycles. The highest BCUT2D eigenvalue weighted by Crippen LogP contribution is 2.12. The van der Waals surface area contributed by atoms with Crippen LogP contribution >= 0.6 is 0 Å². The van der Waals surface area contributed by atoms with Crippen LogP contribution in [-0.4, -0.2) is 42.3 Å². The minimum absolute atomic E-state index is 0.115. The lowest BCUT2D eigenvalue weighted by Crippen LogP contribution is -2.34. The standard InChI is InChI=1S/C22H23N3O5/c1-30-18-10-7-16(8-11-18)9-13-20(26)23-15-21(27)25-24-19(12-14-22(28)29)17-5-3-2-4-6-17/h2-11,13H,12,14-15H2,1H3,(H,23,26)(H,25,27)(H,28,29)/b13-9+,24-19?. The molecule has 8 nitrogen and oxygen atoms in total. The molecule has 0 fully saturated rings. The van der Waals surface area contributed by atoms with Crippen molar-refractivity contribution in [3.05, 3.63) is 71.8 Å². The average molecular weight is 409 g/mol. The number of benzene rings is 2. The second-order valence-corrected chi connectivity index (χ2v) is 6.18. The zero-order chi connectivity index (χ0) is 21.8. The Kier molecular flexibility index (Phi) is 8.79. The maximum Gasteiger partial charge on any atom is 0.303 e. The molecule has 0 heterocycles. The quantitative estimate of drug-likeness (QED) is 0.316. The Balaban J connectivity index is 1.87. The number of rotatable bonds is 10. The van der Waals surface area contributed by atoms with Crippen LogP contribution in [0.15, 0.2) is 65.8 Å². The summed E-state index contributed by atoms with van der Waals surface area (Å²) in [6.45, 7) is -0.268. The molecule has 0 saturated heterocycles. The van der Waals surface area contributed by atoms with Crippen molar-refractivity contribution in [1.29, 1.82) is 0 Å². The zero-order valence-electron chi connectivity index (χ0n) is 16.5. The Hall–Kier alpha value is -3.94. The molecule has 2 amide bonds. The second-order valence-electron chi connectivity index (χ2n) is 6.18. The Bertz CT molecular complexity index is 922. The number of methoxy groups -OCH3 is 1. The molecular weight excluding hydrogens is 386 g/mol. The molecule has 0 radical (unpaired) electrons. The summed E-state index contributed by atoms with van der Waals surface area (Å²) in [7, 11) is 1.57. The molecule has 0 bridgehead atoms. The number of carbonyl (C=O) groups is 3. The van der Waals surface area contributed by atoms with Crippen molar-refractivity contribution in [2.24, 2.45) is 5.10 Å². The molecule has 30 heavy (non-hydrogen) atoms. The van der Waals surface area contributed by atoms with Crippen LogP contribution in [-0.2, 0) is 14.4 Å². The molecule has 2 aromatic carbocycles. The number of aliphatic carboxylic acids is 1. The van der Waals surface area contributed by atoms with E-state index < -0.39 is 17.8 Å². The number of nitrogens with one attached hydrogen (secondary N) is 2. The molecule has 0 atom stereocenters. The third kappa shape index (κ3) is 7.97. The smallest absolute Gasteiger partial charge is 0.303 e. The lowest BCUT2D eigenvalue weighted by Gasteiger charge is -2.07. The molecule has 0 saturated carbocycles. The largest absolute Gasteiger partial charge is 0.497 e. The van der Waals surface area contributed by atoms with Gasteiger partial charge in [0.1, 0.15) is 5.75 Å². The molecule has 0 spiro atoms. The van der Waals surface area contributed by atoms with Gasteiger partial charge < -0.3 is 15.2 Å². The molecule has 0 unspecified atom stereocenters. The van der Waals surface area contributed by atoms with E-state index in [1.165, 1.54) is 6.08 Å². The van der Waals surface area contributed by atoms with Crippen molar-refractivity contribution in [3.8, 4) is 5.75 Å². The van der Waals surface area contributed by atoms with E-state index in [0.717, 1.165) is 5.56 Å². The molecule has 8 heteroatoms. The highest BCUT2D eigenvalue weighted by atomic mass is 16.5. The van der Waals surface area contributed by atoms with Crippen LogP contribution in [0.4, 0.5) is 0 Å². The third-order valence-electron chi connectivity index (χ3n) is 3.96. The van der Waals surface area contributed by atoms with Crippen LogP contribution in [0.1, 0.15) is 24.0 Å². The van der Waals surface area contributed by atoms with Crippen molar-refractivity contribution in [2.75, 3.05) is 13.7 Å². The molecule has 3 N–H and O–H groups in total. The number of nitrogens with zero attached hydrogens (tertiary/aromatic N) is 1. The number of carboxylic acids is 1. The first kappa shape index (κ1) is 22.4. The predicted octanol–water partition coefficient (Wildman–Crippen LogP) is 2.21. The summed E-state index contributed by atoms with van der Waals surface area (Å²) in [5.74, 6) is -1.20. The van der Waals surface area contributed by atoms with Gasteiger partial charge in [0.2, 0.25) is 5.91 Å². The third-order valence-corrected chi connectivity index (χ3v) is 3.96. The number of carbonyl (C=O) groups excluding carboxylic acids is 2. The highest BCUT2D eigenvalue weighted by molar-refractivity contribution is 6.02. The van der Waals surface area contributed by atoms with Crippen LogP contribution in [0.5, 0.6) is 5.75 Å². The van der Waals surface area contributed by atoms with Crippen molar-refractivity contribution >= 4 is 29.6 Å². The maximum atomic E-state index is 12.0. The summed E-state index contributed by atoms with van der Waals surface area (Å²) in [5, 5.41) is 15.4. The van der Waals surface area contributed by atoms with Gasteiger partial charge in [-0.15, -0.1) is 0 Å². The minimum Gasteiger partial charge on any atom is -0.497 e. The molecule has 156 valence electrons. The first-order chi connectivity index (χ1) is 14.5. The van der Waals surface area contributed by atoms with Gasteiger partial charge in [0.05, 0.1) is 25.8 Å². The van der Waals surface area contributed by atoms with E-state index in [4.69, 9.17) is 9.84 Å². The normalized spacial score (nSPS) is 11.2. The van der Waals surface area contributed by atoms with Gasteiger partial charge in [0.15, 0.2) is 0 Å². The van der Waals surface area contributed by atoms with Gasteiger partial charge >= 0.3 is 5.97 Å². The number of hydrazone groups is 1. The van der Waals surface area contributed by atoms with Crippen LogP contribution in [0, 0.1) is 0 Å². The van der Waals surface area contributed by atoms with E-state index in [2.05, 4.69) is 15.8 Å². The number of carboxylic acid groups (broad SMARTS) is 1.